The van der Waals surface area contributed by atoms with Crippen LogP contribution in [0.2, 0.25) is 0 Å². The number of fused-ring (bicyclic) bond motifs is 1. The molecule has 1 aromatic rings. The molecule has 104 valence electrons. The van der Waals surface area contributed by atoms with Crippen molar-refractivity contribution in [1.29, 1.82) is 0 Å². The number of hydrogen-bond acceptors (Lipinski definition) is 4. The van der Waals surface area contributed by atoms with E-state index < -0.39 is 6.10 Å². The fourth-order valence-corrected chi connectivity index (χ4v) is 3.40. The zero-order chi connectivity index (χ0) is 13.2. The first-order chi connectivity index (χ1) is 9.25. The van der Waals surface area contributed by atoms with Gasteiger partial charge in [-0.2, -0.15) is 0 Å². The fourth-order valence-electron chi connectivity index (χ4n) is 3.40. The second-order valence-electron chi connectivity index (χ2n) is 5.72. The Kier molecular flexibility index (Phi) is 3.71. The lowest BCUT2D eigenvalue weighted by Crippen LogP contribution is -2.37. The Balaban J connectivity index is 1.85. The van der Waals surface area contributed by atoms with Gasteiger partial charge in [0.15, 0.2) is 0 Å². The van der Waals surface area contributed by atoms with E-state index in [-0.39, 0.29) is 0 Å². The molecule has 1 N–H and O–H groups in total. The third kappa shape index (κ3) is 2.60. The summed E-state index contributed by atoms with van der Waals surface area (Å²) < 4.78 is 0. The molecule has 19 heavy (non-hydrogen) atoms. The monoisotopic (exact) mass is 261 g/mol. The zero-order valence-electron chi connectivity index (χ0n) is 11.6. The van der Waals surface area contributed by atoms with Crippen molar-refractivity contribution in [1.82, 2.24) is 9.88 Å². The number of aliphatic hydroxyl groups excluding tert-OH is 1. The molecule has 2 atom stereocenters. The number of hydrogen-bond donors (Lipinski definition) is 1. The van der Waals surface area contributed by atoms with Crippen LogP contribution in [-0.4, -0.2) is 47.2 Å². The first-order valence-electron chi connectivity index (χ1n) is 7.37. The van der Waals surface area contributed by atoms with Crippen LogP contribution in [0.25, 0.3) is 0 Å². The van der Waals surface area contributed by atoms with Crippen molar-refractivity contribution >= 4 is 5.82 Å². The molecule has 0 aromatic carbocycles. The minimum absolute atomic E-state index is 0.452. The van der Waals surface area contributed by atoms with Crippen LogP contribution < -0.4 is 4.90 Å². The van der Waals surface area contributed by atoms with E-state index >= 15 is 0 Å². The maximum Gasteiger partial charge on any atom is 0.134 e. The second kappa shape index (κ2) is 5.47. The predicted octanol–water partition coefficient (Wildman–Crippen LogP) is 1.81. The molecule has 0 aliphatic carbocycles. The lowest BCUT2D eigenvalue weighted by atomic mass is 10.1. The maximum absolute atomic E-state index is 9.92. The molecule has 3 rings (SSSR count). The summed E-state index contributed by atoms with van der Waals surface area (Å²) in [6, 6.07) is 4.57. The van der Waals surface area contributed by atoms with Crippen LogP contribution in [0.15, 0.2) is 18.3 Å². The van der Waals surface area contributed by atoms with Crippen molar-refractivity contribution in [3.8, 4) is 0 Å². The van der Waals surface area contributed by atoms with Gasteiger partial charge in [-0.05, 0) is 38.8 Å². The van der Waals surface area contributed by atoms with E-state index in [2.05, 4.69) is 14.8 Å². The van der Waals surface area contributed by atoms with Gasteiger partial charge >= 0.3 is 0 Å². The summed E-state index contributed by atoms with van der Waals surface area (Å²) >= 11 is 0. The minimum Gasteiger partial charge on any atom is -0.389 e. The highest BCUT2D eigenvalue weighted by Gasteiger charge is 2.30. The van der Waals surface area contributed by atoms with E-state index in [1.165, 1.54) is 32.4 Å². The number of aromatic nitrogens is 1. The lowest BCUT2D eigenvalue weighted by molar-refractivity contribution is 0.199. The van der Waals surface area contributed by atoms with Crippen molar-refractivity contribution in [2.75, 3.05) is 31.1 Å². The highest BCUT2D eigenvalue weighted by molar-refractivity contribution is 5.48. The van der Waals surface area contributed by atoms with Crippen LogP contribution in [0, 0.1) is 0 Å². The third-order valence-electron chi connectivity index (χ3n) is 4.37. The summed E-state index contributed by atoms with van der Waals surface area (Å²) in [5.41, 5.74) is 0.953. The minimum atomic E-state index is -0.452. The zero-order valence-corrected chi connectivity index (χ0v) is 11.6. The number of nitrogens with zero attached hydrogens (tertiary/aromatic N) is 3. The molecule has 4 heteroatoms. The van der Waals surface area contributed by atoms with Gasteiger partial charge in [0.25, 0.3) is 0 Å². The maximum atomic E-state index is 9.92. The van der Waals surface area contributed by atoms with Crippen LogP contribution in [0.4, 0.5) is 5.82 Å². The Bertz CT molecular complexity index is 435. The Morgan fingerprint density at radius 3 is 3.00 bits per heavy atom. The second-order valence-corrected chi connectivity index (χ2v) is 5.72. The first kappa shape index (κ1) is 12.9. The smallest absolute Gasteiger partial charge is 0.134 e. The van der Waals surface area contributed by atoms with Crippen molar-refractivity contribution in [2.24, 2.45) is 0 Å². The molecule has 3 heterocycles. The molecule has 2 aliphatic rings. The fraction of sp³-hybridized carbons (Fsp3) is 0.667. The quantitative estimate of drug-likeness (QED) is 0.881. The molecular formula is C15H23N3O. The average Bonchev–Trinajstić information content (AvgIpc) is 2.76. The molecule has 1 aromatic heterocycles. The topological polar surface area (TPSA) is 39.6 Å². The van der Waals surface area contributed by atoms with E-state index in [0.717, 1.165) is 24.5 Å². The van der Waals surface area contributed by atoms with E-state index in [4.69, 9.17) is 0 Å². The number of aliphatic hydroxyl groups is 1. The van der Waals surface area contributed by atoms with Crippen LogP contribution >= 0.6 is 0 Å². The summed E-state index contributed by atoms with van der Waals surface area (Å²) in [5.74, 6) is 0.978. The molecule has 2 fully saturated rings. The Morgan fingerprint density at radius 2 is 2.16 bits per heavy atom. The molecule has 2 unspecified atom stereocenters. The lowest BCUT2D eigenvalue weighted by Gasteiger charge is -2.28. The standard InChI is InChI=1S/C15H23N3O/c1-12(19)14-6-2-7-16-15(14)18-10-4-9-17-8-3-5-13(17)11-18/h2,6-7,12-13,19H,3-5,8-11H2,1H3. The summed E-state index contributed by atoms with van der Waals surface area (Å²) in [7, 11) is 0. The normalized spacial score (nSPS) is 26.0. The molecular weight excluding hydrogens is 238 g/mol. The highest BCUT2D eigenvalue weighted by Crippen LogP contribution is 2.28. The Morgan fingerprint density at radius 1 is 1.32 bits per heavy atom. The summed E-state index contributed by atoms with van der Waals surface area (Å²) in [4.78, 5) is 9.52. The molecule has 0 amide bonds. The number of rotatable bonds is 2. The molecule has 2 saturated heterocycles. The van der Waals surface area contributed by atoms with E-state index in [1.54, 1.807) is 0 Å². The average molecular weight is 261 g/mol. The third-order valence-corrected chi connectivity index (χ3v) is 4.37. The molecule has 0 saturated carbocycles. The SMILES string of the molecule is CC(O)c1cccnc1N1CCCN2CCCC2C1. The highest BCUT2D eigenvalue weighted by atomic mass is 16.3. The van der Waals surface area contributed by atoms with Gasteiger partial charge in [-0.15, -0.1) is 0 Å². The van der Waals surface area contributed by atoms with Gasteiger partial charge in [-0.1, -0.05) is 6.07 Å². The van der Waals surface area contributed by atoms with Gasteiger partial charge in [0.05, 0.1) is 6.10 Å². The summed E-state index contributed by atoms with van der Waals surface area (Å²) in [5, 5.41) is 9.92. The van der Waals surface area contributed by atoms with Gasteiger partial charge in [0, 0.05) is 37.4 Å². The molecule has 4 nitrogen and oxygen atoms in total. The summed E-state index contributed by atoms with van der Waals surface area (Å²) in [6.45, 7) is 6.38. The number of pyridine rings is 1. The molecule has 0 bridgehead atoms. The summed E-state index contributed by atoms with van der Waals surface area (Å²) in [6.07, 6.45) is 5.19. The van der Waals surface area contributed by atoms with Crippen molar-refractivity contribution in [3.05, 3.63) is 23.9 Å². The van der Waals surface area contributed by atoms with Crippen LogP contribution in [-0.2, 0) is 0 Å². The van der Waals surface area contributed by atoms with E-state index in [9.17, 15) is 5.11 Å². The molecule has 0 radical (unpaired) electrons. The van der Waals surface area contributed by atoms with E-state index in [0.29, 0.717) is 6.04 Å². The van der Waals surface area contributed by atoms with Gasteiger partial charge in [-0.3, -0.25) is 4.90 Å². The first-order valence-corrected chi connectivity index (χ1v) is 7.37. The Hall–Kier alpha value is -1.13. The number of anilines is 1. The van der Waals surface area contributed by atoms with Gasteiger partial charge < -0.3 is 10.0 Å². The van der Waals surface area contributed by atoms with E-state index in [1.807, 2.05) is 25.3 Å². The van der Waals surface area contributed by atoms with Gasteiger partial charge in [0.2, 0.25) is 0 Å². The van der Waals surface area contributed by atoms with Crippen molar-refractivity contribution < 1.29 is 5.11 Å². The van der Waals surface area contributed by atoms with Gasteiger partial charge in [0.1, 0.15) is 5.82 Å². The van der Waals surface area contributed by atoms with Crippen LogP contribution in [0.1, 0.15) is 37.9 Å². The van der Waals surface area contributed by atoms with Crippen molar-refractivity contribution in [3.63, 3.8) is 0 Å². The van der Waals surface area contributed by atoms with Gasteiger partial charge in [-0.25, -0.2) is 4.98 Å². The van der Waals surface area contributed by atoms with Crippen LogP contribution in [0.5, 0.6) is 0 Å². The largest absolute Gasteiger partial charge is 0.389 e. The van der Waals surface area contributed by atoms with Crippen molar-refractivity contribution in [2.45, 2.75) is 38.3 Å². The van der Waals surface area contributed by atoms with Crippen LogP contribution in [0.3, 0.4) is 0 Å². The molecule has 2 aliphatic heterocycles. The Labute approximate surface area is 115 Å². The molecule has 0 spiro atoms. The predicted molar refractivity (Wildman–Crippen MR) is 76.3 cm³/mol.